The summed E-state index contributed by atoms with van der Waals surface area (Å²) in [6.45, 7) is 11.6. The van der Waals surface area contributed by atoms with E-state index in [1.807, 2.05) is 27.7 Å². The highest BCUT2D eigenvalue weighted by molar-refractivity contribution is 6.29. The Morgan fingerprint density at radius 1 is 0.574 bits per heavy atom. The second-order valence-electron chi connectivity index (χ2n) is 14.7. The summed E-state index contributed by atoms with van der Waals surface area (Å²) in [6, 6.07) is 13.6. The molecule has 61 heavy (non-hydrogen) atoms. The maximum atomic E-state index is 14.0. The number of benzene rings is 1. The van der Waals surface area contributed by atoms with Crippen LogP contribution >= 0.6 is 0 Å². The monoisotopic (exact) mass is 831 g/mol. The average molecular weight is 832 g/mol. The molecular formula is C45H53N9O7. The van der Waals surface area contributed by atoms with E-state index < -0.39 is 29.7 Å². The fraction of sp³-hybridized carbons (Fsp3) is 0.356. The van der Waals surface area contributed by atoms with Crippen LogP contribution in [0, 0.1) is 0 Å². The Hall–Kier alpha value is -6.97. The Labute approximate surface area is 355 Å². The number of carbonyl (C=O) groups excluding carboxylic acids is 7. The third-order valence-corrected chi connectivity index (χ3v) is 9.74. The smallest absolute Gasteiger partial charge is 0.318 e. The summed E-state index contributed by atoms with van der Waals surface area (Å²) in [7, 11) is 0. The number of allylic oxidation sites excluding steroid dienone is 5. The fourth-order valence-electron chi connectivity index (χ4n) is 6.80. The molecule has 4 N–H and O–H groups in total. The Kier molecular flexibility index (Phi) is 15.4. The quantitative estimate of drug-likeness (QED) is 0.0769. The zero-order chi connectivity index (χ0) is 44.2. The number of amides is 8. The first-order valence-corrected chi connectivity index (χ1v) is 20.7. The van der Waals surface area contributed by atoms with Crippen LogP contribution in [-0.4, -0.2) is 74.3 Å². The summed E-state index contributed by atoms with van der Waals surface area (Å²) in [5.41, 5.74) is 1.89. The molecule has 16 heteroatoms. The van der Waals surface area contributed by atoms with Gasteiger partial charge in [0.25, 0.3) is 23.6 Å². The van der Waals surface area contributed by atoms with Crippen molar-refractivity contribution in [2.24, 2.45) is 0 Å². The van der Waals surface area contributed by atoms with Gasteiger partial charge in [0.1, 0.15) is 28.8 Å². The van der Waals surface area contributed by atoms with Gasteiger partial charge in [-0.3, -0.25) is 38.6 Å². The molecule has 4 heterocycles. The molecule has 320 valence electrons. The van der Waals surface area contributed by atoms with Gasteiger partial charge >= 0.3 is 6.03 Å². The Morgan fingerprint density at radius 2 is 0.984 bits per heavy atom. The molecule has 1 aromatic carbocycles. The molecule has 0 spiro atoms. The van der Waals surface area contributed by atoms with E-state index in [-0.39, 0.29) is 64.9 Å². The minimum atomic E-state index is -0.657. The van der Waals surface area contributed by atoms with Gasteiger partial charge in [-0.1, -0.05) is 52.7 Å². The van der Waals surface area contributed by atoms with Gasteiger partial charge in [-0.15, -0.1) is 0 Å². The lowest BCUT2D eigenvalue weighted by atomic mass is 9.97. The van der Waals surface area contributed by atoms with Crippen molar-refractivity contribution in [3.05, 3.63) is 100 Å². The second kappa shape index (κ2) is 20.8. The van der Waals surface area contributed by atoms with Gasteiger partial charge in [-0.2, -0.15) is 0 Å². The van der Waals surface area contributed by atoms with Crippen LogP contribution in [-0.2, 0) is 19.2 Å². The van der Waals surface area contributed by atoms with E-state index in [0.29, 0.717) is 61.2 Å². The summed E-state index contributed by atoms with van der Waals surface area (Å²) < 4.78 is 0. The molecule has 8 amide bonds. The van der Waals surface area contributed by atoms with Crippen LogP contribution in [0.1, 0.15) is 114 Å². The molecule has 16 nitrogen and oxygen atoms in total. The summed E-state index contributed by atoms with van der Waals surface area (Å²) in [6.07, 6.45) is 7.91. The highest BCUT2D eigenvalue weighted by Crippen LogP contribution is 2.34. The predicted molar refractivity (Wildman–Crippen MR) is 234 cm³/mol. The fourth-order valence-corrected chi connectivity index (χ4v) is 6.80. The molecule has 0 radical (unpaired) electrons. The largest absolute Gasteiger partial charge is 0.333 e. The van der Waals surface area contributed by atoms with E-state index >= 15 is 0 Å². The Morgan fingerprint density at radius 3 is 1.38 bits per heavy atom. The number of aromatic nitrogens is 2. The molecule has 1 fully saturated rings. The van der Waals surface area contributed by atoms with Crippen molar-refractivity contribution in [1.29, 1.82) is 0 Å². The molecular weight excluding hydrogens is 779 g/mol. The maximum Gasteiger partial charge on any atom is 0.333 e. The molecule has 2 aliphatic rings. The summed E-state index contributed by atoms with van der Waals surface area (Å²) >= 11 is 0. The van der Waals surface area contributed by atoms with Gasteiger partial charge in [0.15, 0.2) is 0 Å². The van der Waals surface area contributed by atoms with Crippen LogP contribution in [0.3, 0.4) is 0 Å². The number of anilines is 5. The third-order valence-electron chi connectivity index (χ3n) is 9.74. The summed E-state index contributed by atoms with van der Waals surface area (Å²) in [4.78, 5) is 106. The van der Waals surface area contributed by atoms with E-state index in [1.54, 1.807) is 79.4 Å². The molecule has 2 aromatic heterocycles. The first-order valence-electron chi connectivity index (χ1n) is 20.7. The van der Waals surface area contributed by atoms with Crippen LogP contribution < -0.4 is 26.2 Å². The molecule has 0 saturated carbocycles. The van der Waals surface area contributed by atoms with Crippen LogP contribution in [0.2, 0.25) is 0 Å². The van der Waals surface area contributed by atoms with Gasteiger partial charge in [-0.25, -0.2) is 14.8 Å². The van der Waals surface area contributed by atoms with Crippen LogP contribution in [0.4, 0.5) is 33.8 Å². The van der Waals surface area contributed by atoms with E-state index in [1.165, 1.54) is 6.07 Å². The van der Waals surface area contributed by atoms with Crippen molar-refractivity contribution < 1.29 is 33.6 Å². The van der Waals surface area contributed by atoms with Crippen molar-refractivity contribution in [2.45, 2.75) is 92.9 Å². The molecule has 0 aliphatic carbocycles. The molecule has 3 aromatic rings. The average Bonchev–Trinajstić information content (AvgIpc) is 3.21. The number of pyridine rings is 2. The van der Waals surface area contributed by atoms with Gasteiger partial charge < -0.3 is 26.2 Å². The second-order valence-corrected chi connectivity index (χ2v) is 14.7. The number of unbranched alkanes of at least 4 members (excludes halogenated alkanes) is 2. The minimum Gasteiger partial charge on any atom is -0.318 e. The summed E-state index contributed by atoms with van der Waals surface area (Å²) in [5, 5.41) is 10.9. The molecule has 0 unspecified atom stereocenters. The van der Waals surface area contributed by atoms with Gasteiger partial charge in [0, 0.05) is 54.1 Å². The zero-order valence-corrected chi connectivity index (χ0v) is 35.5. The van der Waals surface area contributed by atoms with Crippen LogP contribution in [0.25, 0.3) is 0 Å². The number of hydrogen-bond donors (Lipinski definition) is 4. The highest BCUT2D eigenvalue weighted by Gasteiger charge is 2.43. The Balaban J connectivity index is 1.54. The van der Waals surface area contributed by atoms with Crippen molar-refractivity contribution in [3.8, 4) is 0 Å². The highest BCUT2D eigenvalue weighted by atomic mass is 16.2. The first kappa shape index (κ1) is 45.1. The van der Waals surface area contributed by atoms with Gasteiger partial charge in [-0.05, 0) is 99.7 Å². The lowest BCUT2D eigenvalue weighted by Gasteiger charge is -2.36. The lowest BCUT2D eigenvalue weighted by Crippen LogP contribution is -2.57. The number of hydrogen-bond acceptors (Lipinski definition) is 10. The number of nitrogens with zero attached hydrogens (tertiary/aromatic N) is 5. The SMILES string of the molecule is CCCCN1C(=O)C(=C2C=C(C)N(c3cc(C(=O)Nc4cccc(NC(=O)CCC)n4)cc(C(=O)Nc4cccc(NC(=O)CCC)n4)c3)C(C)=C2)C(=O)N(CCCC)C1=O. The van der Waals surface area contributed by atoms with Crippen molar-refractivity contribution in [1.82, 2.24) is 19.8 Å². The molecule has 0 bridgehead atoms. The predicted octanol–water partition coefficient (Wildman–Crippen LogP) is 7.77. The van der Waals surface area contributed by atoms with E-state index in [4.69, 9.17) is 0 Å². The van der Waals surface area contributed by atoms with E-state index in [9.17, 15) is 33.6 Å². The Bertz CT molecular complexity index is 2170. The topological polar surface area (TPSA) is 203 Å². The van der Waals surface area contributed by atoms with Crippen LogP contribution in [0.5, 0.6) is 0 Å². The standard InChI is InChI=1S/C45H53N9O7/c1-7-11-21-52-43(59)40(44(60)53(45(52)61)22-12-8-2)30-23-28(5)54(29(6)24-30)33-26-31(41(57)50-36-19-13-17-34(46-36)48-38(55)15-9-3)25-32(27-33)42(58)51-37-20-14-18-35(47-37)49-39(56)16-10-4/h13-14,17-20,23-27H,7-12,15-16,21-22H2,1-6H3,(H2,46,48,50,55,57)(H2,47,49,51,56,58). The number of nitrogens with one attached hydrogen (secondary N) is 4. The molecule has 0 atom stereocenters. The number of carbonyl (C=O) groups is 7. The van der Waals surface area contributed by atoms with E-state index in [0.717, 1.165) is 22.6 Å². The first-order chi connectivity index (χ1) is 29.3. The number of imide groups is 2. The van der Waals surface area contributed by atoms with Crippen molar-refractivity contribution in [3.63, 3.8) is 0 Å². The summed E-state index contributed by atoms with van der Waals surface area (Å²) in [5.74, 6) is -2.13. The van der Waals surface area contributed by atoms with Gasteiger partial charge in [0.2, 0.25) is 11.8 Å². The maximum absolute atomic E-state index is 14.0. The molecule has 1 saturated heterocycles. The number of urea groups is 1. The lowest BCUT2D eigenvalue weighted by molar-refractivity contribution is -0.136. The number of barbiturate groups is 1. The normalized spacial score (nSPS) is 14.1. The van der Waals surface area contributed by atoms with Crippen molar-refractivity contribution >= 4 is 70.4 Å². The zero-order valence-electron chi connectivity index (χ0n) is 35.5. The third kappa shape index (κ3) is 11.2. The van der Waals surface area contributed by atoms with E-state index in [2.05, 4.69) is 31.2 Å². The van der Waals surface area contributed by atoms with Gasteiger partial charge in [0.05, 0.1) is 0 Å². The minimum absolute atomic E-state index is 0.0810. The molecule has 5 rings (SSSR count). The van der Waals surface area contributed by atoms with Crippen LogP contribution in [0.15, 0.2) is 89.3 Å². The number of rotatable bonds is 17. The molecule has 2 aliphatic heterocycles. The van der Waals surface area contributed by atoms with Crippen molar-refractivity contribution in [2.75, 3.05) is 39.3 Å².